The number of pyridine rings is 2. The van der Waals surface area contributed by atoms with Crippen molar-refractivity contribution in [2.45, 2.75) is 25.9 Å². The predicted molar refractivity (Wildman–Crippen MR) is 210 cm³/mol. The first kappa shape index (κ1) is 33.9. The highest BCUT2D eigenvalue weighted by Crippen LogP contribution is 2.33. The van der Waals surface area contributed by atoms with Gasteiger partial charge in [0.05, 0.1) is 69.8 Å². The summed E-state index contributed by atoms with van der Waals surface area (Å²) in [6, 6.07) is 20.8. The summed E-state index contributed by atoms with van der Waals surface area (Å²) in [5.74, 6) is 0.775. The molecule has 0 spiro atoms. The predicted octanol–water partition coefficient (Wildman–Crippen LogP) is 4.65. The lowest BCUT2D eigenvalue weighted by molar-refractivity contribution is 0.626. The summed E-state index contributed by atoms with van der Waals surface area (Å²) >= 11 is 0. The Labute approximate surface area is 325 Å². The molecule has 2 N–H and O–H groups in total. The molecular weight excluding hydrogens is 737 g/mol. The number of hydrogen-bond donors (Lipinski definition) is 2. The molecule has 18 heteroatoms. The fourth-order valence-corrected chi connectivity index (χ4v) is 7.36. The molecule has 0 saturated heterocycles. The van der Waals surface area contributed by atoms with Gasteiger partial charge in [0.15, 0.2) is 17.1 Å². The second-order valence-electron chi connectivity index (χ2n) is 13.5. The zero-order valence-electron chi connectivity index (χ0n) is 30.5. The van der Waals surface area contributed by atoms with E-state index in [0.717, 1.165) is 5.56 Å². The monoisotopic (exact) mass is 762 g/mol. The number of rotatable bonds is 7. The Kier molecular flexibility index (Phi) is 7.59. The Balaban J connectivity index is 1.14. The van der Waals surface area contributed by atoms with Crippen molar-refractivity contribution in [1.29, 1.82) is 10.5 Å². The minimum absolute atomic E-state index is 0.193. The first-order valence-electron chi connectivity index (χ1n) is 17.9. The number of nitriles is 2. The molecule has 0 radical (unpaired) electrons. The zero-order chi connectivity index (χ0) is 39.7. The topological polar surface area (TPSA) is 236 Å². The summed E-state index contributed by atoms with van der Waals surface area (Å²) in [4.78, 5) is 70.3. The highest BCUT2D eigenvalue weighted by molar-refractivity contribution is 5.84. The highest BCUT2D eigenvalue weighted by atomic mass is 16.1. The van der Waals surface area contributed by atoms with E-state index < -0.39 is 17.8 Å². The van der Waals surface area contributed by atoms with Gasteiger partial charge in [-0.2, -0.15) is 20.5 Å². The maximum atomic E-state index is 13.8. The fourth-order valence-electron chi connectivity index (χ4n) is 7.36. The van der Waals surface area contributed by atoms with E-state index in [1.165, 1.54) is 10.8 Å². The van der Waals surface area contributed by atoms with Crippen LogP contribution in [0.5, 0.6) is 0 Å². The van der Waals surface area contributed by atoms with Crippen molar-refractivity contribution in [2.24, 2.45) is 0 Å². The molecule has 2 unspecified atom stereocenters. The van der Waals surface area contributed by atoms with Gasteiger partial charge in [-0.25, -0.2) is 29.5 Å². The van der Waals surface area contributed by atoms with Gasteiger partial charge in [0, 0.05) is 24.2 Å². The standard InChI is InChI=1S/C40H26N16O2/c1-21(25-5-3-11-43-17-25)54-35-30(49-39(54)57)19-46-38(52-35)56-31-10-8-23(15-41)13-28(31)48-36(56)33-26(6-4-12-44-33)22(2)55-34-29(50-40(55)58)18-45-37(51-34)53-20-47-27-9-7-24(16-42)14-32(27)53/h3-14,17-22H,1-2H3,(H,49,57)(H,50,58). The van der Waals surface area contributed by atoms with Crippen molar-refractivity contribution in [3.8, 4) is 35.6 Å². The van der Waals surface area contributed by atoms with E-state index in [2.05, 4.69) is 42.0 Å². The van der Waals surface area contributed by atoms with Crippen LogP contribution in [0.4, 0.5) is 0 Å². The lowest BCUT2D eigenvalue weighted by Gasteiger charge is -2.18. The van der Waals surface area contributed by atoms with Gasteiger partial charge in [-0.1, -0.05) is 12.1 Å². The second-order valence-corrected chi connectivity index (χ2v) is 13.5. The van der Waals surface area contributed by atoms with Crippen LogP contribution < -0.4 is 11.4 Å². The summed E-state index contributed by atoms with van der Waals surface area (Å²) in [7, 11) is 0. The van der Waals surface area contributed by atoms with Gasteiger partial charge in [0.25, 0.3) is 0 Å². The van der Waals surface area contributed by atoms with Crippen molar-refractivity contribution in [1.82, 2.24) is 68.1 Å². The minimum Gasteiger partial charge on any atom is -0.303 e. The smallest absolute Gasteiger partial charge is 0.303 e. The molecule has 0 aliphatic heterocycles. The molecular formula is C40H26N16O2. The summed E-state index contributed by atoms with van der Waals surface area (Å²) in [6.45, 7) is 3.74. The largest absolute Gasteiger partial charge is 0.328 e. The van der Waals surface area contributed by atoms with Crippen molar-refractivity contribution in [2.75, 3.05) is 0 Å². The van der Waals surface area contributed by atoms with Gasteiger partial charge in [-0.15, -0.1) is 0 Å². The minimum atomic E-state index is -0.668. The normalized spacial score (nSPS) is 12.6. The van der Waals surface area contributed by atoms with Crippen LogP contribution in [0.1, 0.15) is 48.2 Å². The number of imidazole rings is 4. The Morgan fingerprint density at radius 1 is 0.672 bits per heavy atom. The van der Waals surface area contributed by atoms with E-state index in [1.807, 2.05) is 26.0 Å². The SMILES string of the molecule is CC(c1cccnc1)n1c(=O)[nH]c2cnc(-n3c(-c4ncccc4C(C)n4c(=O)[nH]c5cnc(-n6cnc7ccc(C#N)cc76)nc54)nc4cc(C#N)ccc43)nc21. The molecule has 10 aromatic rings. The summed E-state index contributed by atoms with van der Waals surface area (Å²) < 4.78 is 6.45. The van der Waals surface area contributed by atoms with E-state index in [4.69, 9.17) is 19.9 Å². The molecule has 278 valence electrons. The third-order valence-corrected chi connectivity index (χ3v) is 10.2. The van der Waals surface area contributed by atoms with Crippen molar-refractivity contribution < 1.29 is 0 Å². The quantitative estimate of drug-likeness (QED) is 0.226. The lowest BCUT2D eigenvalue weighted by atomic mass is 10.1. The van der Waals surface area contributed by atoms with Crippen LogP contribution >= 0.6 is 0 Å². The molecule has 58 heavy (non-hydrogen) atoms. The maximum absolute atomic E-state index is 13.8. The number of H-pyrrole nitrogens is 2. The van der Waals surface area contributed by atoms with Crippen molar-refractivity contribution in [3.63, 3.8) is 0 Å². The average Bonchev–Trinajstić information content (AvgIpc) is 4.02. The molecule has 0 saturated carbocycles. The van der Waals surface area contributed by atoms with Gasteiger partial charge >= 0.3 is 11.4 Å². The number of benzene rings is 2. The summed E-state index contributed by atoms with van der Waals surface area (Å²) in [5.41, 5.74) is 5.75. The van der Waals surface area contributed by atoms with Crippen LogP contribution in [0.3, 0.4) is 0 Å². The fraction of sp³-hybridized carbons (Fsp3) is 0.100. The molecule has 0 aliphatic carbocycles. The average molecular weight is 763 g/mol. The van der Waals surface area contributed by atoms with Gasteiger partial charge in [0.2, 0.25) is 11.9 Å². The number of aromatic amines is 2. The highest BCUT2D eigenvalue weighted by Gasteiger charge is 2.27. The first-order valence-corrected chi connectivity index (χ1v) is 17.9. The van der Waals surface area contributed by atoms with Crippen molar-refractivity contribution >= 4 is 44.4 Å². The van der Waals surface area contributed by atoms with Gasteiger partial charge in [-0.05, 0) is 67.9 Å². The Morgan fingerprint density at radius 3 is 2.10 bits per heavy atom. The molecule has 2 aromatic carbocycles. The molecule has 2 atom stereocenters. The molecule has 8 heterocycles. The van der Waals surface area contributed by atoms with Crippen LogP contribution in [0, 0.1) is 22.7 Å². The van der Waals surface area contributed by atoms with Crippen LogP contribution in [-0.2, 0) is 0 Å². The molecule has 0 amide bonds. The van der Waals surface area contributed by atoms with Crippen LogP contribution in [0.25, 0.3) is 67.8 Å². The zero-order valence-corrected chi connectivity index (χ0v) is 30.5. The molecule has 0 bridgehead atoms. The summed E-state index contributed by atoms with van der Waals surface area (Å²) in [6.07, 6.45) is 9.63. The third-order valence-electron chi connectivity index (χ3n) is 10.2. The van der Waals surface area contributed by atoms with E-state index in [9.17, 15) is 20.1 Å². The maximum Gasteiger partial charge on any atom is 0.328 e. The molecule has 8 aromatic heterocycles. The Morgan fingerprint density at radius 2 is 1.36 bits per heavy atom. The molecule has 0 aliphatic rings. The van der Waals surface area contributed by atoms with Crippen LogP contribution in [0.15, 0.2) is 108 Å². The molecule has 0 fully saturated rings. The number of nitrogens with zero attached hydrogens (tertiary/aromatic N) is 14. The van der Waals surface area contributed by atoms with E-state index in [0.29, 0.717) is 72.6 Å². The number of nitrogens with one attached hydrogen (secondary N) is 2. The summed E-state index contributed by atoms with van der Waals surface area (Å²) in [5, 5.41) is 19.3. The van der Waals surface area contributed by atoms with Crippen LogP contribution in [-0.4, -0.2) is 68.1 Å². The third kappa shape index (κ3) is 5.24. The van der Waals surface area contributed by atoms with Crippen LogP contribution in [0.2, 0.25) is 0 Å². The Bertz CT molecular complexity index is 3480. The Hall–Kier alpha value is -8.64. The van der Waals surface area contributed by atoms with Gasteiger partial charge in [0.1, 0.15) is 23.1 Å². The molecule has 18 nitrogen and oxygen atoms in total. The second kappa shape index (κ2) is 13.0. The number of hydrogen-bond acceptors (Lipinski definition) is 12. The van der Waals surface area contributed by atoms with Gasteiger partial charge < -0.3 is 9.97 Å². The van der Waals surface area contributed by atoms with Crippen molar-refractivity contribution in [3.05, 3.63) is 141 Å². The van der Waals surface area contributed by atoms with E-state index in [1.54, 1.807) is 93.3 Å². The molecule has 10 rings (SSSR count). The van der Waals surface area contributed by atoms with Gasteiger partial charge in [-0.3, -0.25) is 28.2 Å². The first-order chi connectivity index (χ1) is 28.3. The van der Waals surface area contributed by atoms with E-state index in [-0.39, 0.29) is 17.6 Å². The number of fused-ring (bicyclic) bond motifs is 4. The lowest BCUT2D eigenvalue weighted by Crippen LogP contribution is -2.23. The van der Waals surface area contributed by atoms with E-state index >= 15 is 0 Å². The number of aromatic nitrogens is 14.